The largest absolute Gasteiger partial charge is 0.496 e. The van der Waals surface area contributed by atoms with E-state index in [9.17, 15) is 18.0 Å². The van der Waals surface area contributed by atoms with E-state index in [1.54, 1.807) is 6.92 Å². The number of hydrogen-bond acceptors (Lipinski definition) is 7. The van der Waals surface area contributed by atoms with Crippen LogP contribution < -0.4 is 15.4 Å². The molecule has 7 nitrogen and oxygen atoms in total. The second kappa shape index (κ2) is 11.5. The SMILES string of the molecule is CCOC(=O)CC1CC[C@@H](Nc2cc(C)c(-c3ccc(C(F)(F)F)cc3OC)nn2)CN1.Cl. The fourth-order valence-corrected chi connectivity index (χ4v) is 3.73. The molecule has 2 heterocycles. The molecule has 1 aromatic heterocycles. The molecular weight excluding hydrogens is 461 g/mol. The number of nitrogens with zero attached hydrogens (tertiary/aromatic N) is 2. The Balaban J connectivity index is 0.00000385. The van der Waals surface area contributed by atoms with Gasteiger partial charge in [0.25, 0.3) is 0 Å². The van der Waals surface area contributed by atoms with E-state index in [1.165, 1.54) is 13.2 Å². The van der Waals surface area contributed by atoms with E-state index in [0.29, 0.717) is 36.6 Å². The van der Waals surface area contributed by atoms with E-state index in [1.807, 2.05) is 13.0 Å². The van der Waals surface area contributed by atoms with Crippen LogP contribution in [0.2, 0.25) is 0 Å². The highest BCUT2D eigenvalue weighted by Gasteiger charge is 2.31. The lowest BCUT2D eigenvalue weighted by molar-refractivity contribution is -0.143. The van der Waals surface area contributed by atoms with Crippen molar-refractivity contribution in [3.8, 4) is 17.0 Å². The van der Waals surface area contributed by atoms with E-state index in [-0.39, 0.29) is 36.2 Å². The third-order valence-corrected chi connectivity index (χ3v) is 5.36. The van der Waals surface area contributed by atoms with Crippen molar-refractivity contribution in [3.05, 3.63) is 35.4 Å². The first-order valence-electron chi connectivity index (χ1n) is 10.5. The van der Waals surface area contributed by atoms with Crippen LogP contribution in [0.5, 0.6) is 5.75 Å². The molecule has 1 unspecified atom stereocenters. The molecule has 0 aliphatic carbocycles. The normalized spacial score (nSPS) is 18.2. The molecule has 11 heteroatoms. The number of carbonyl (C=O) groups is 1. The van der Waals surface area contributed by atoms with Gasteiger partial charge in [0.15, 0.2) is 0 Å². The maximum absolute atomic E-state index is 13.0. The summed E-state index contributed by atoms with van der Waals surface area (Å²) in [5.74, 6) is 0.460. The number of alkyl halides is 3. The lowest BCUT2D eigenvalue weighted by atomic mass is 9.98. The number of ether oxygens (including phenoxy) is 2. The Morgan fingerprint density at radius 2 is 2.00 bits per heavy atom. The average Bonchev–Trinajstić information content (AvgIpc) is 2.74. The zero-order valence-corrected chi connectivity index (χ0v) is 19.5. The van der Waals surface area contributed by atoms with Crippen LogP contribution in [0.3, 0.4) is 0 Å². The predicted octanol–water partition coefficient (Wildman–Crippen LogP) is 4.39. The van der Waals surface area contributed by atoms with Crippen molar-refractivity contribution in [1.82, 2.24) is 15.5 Å². The summed E-state index contributed by atoms with van der Waals surface area (Å²) in [7, 11) is 1.32. The van der Waals surface area contributed by atoms with Crippen LogP contribution in [-0.4, -0.2) is 48.5 Å². The molecule has 0 bridgehead atoms. The van der Waals surface area contributed by atoms with Crippen LogP contribution in [0.15, 0.2) is 24.3 Å². The highest BCUT2D eigenvalue weighted by atomic mass is 35.5. The Morgan fingerprint density at radius 1 is 1.24 bits per heavy atom. The van der Waals surface area contributed by atoms with Crippen LogP contribution in [0.25, 0.3) is 11.3 Å². The van der Waals surface area contributed by atoms with Gasteiger partial charge in [0, 0.05) is 24.2 Å². The second-order valence-corrected chi connectivity index (χ2v) is 7.71. The number of nitrogens with one attached hydrogen (secondary N) is 2. The van der Waals surface area contributed by atoms with Gasteiger partial charge in [-0.25, -0.2) is 0 Å². The first kappa shape index (κ1) is 26.7. The number of methoxy groups -OCH3 is 1. The Bertz CT molecular complexity index is 951. The Morgan fingerprint density at radius 3 is 2.58 bits per heavy atom. The number of piperidine rings is 1. The van der Waals surface area contributed by atoms with Crippen molar-refractivity contribution >= 4 is 24.2 Å². The Kier molecular flexibility index (Phi) is 9.30. The van der Waals surface area contributed by atoms with Gasteiger partial charge in [-0.1, -0.05) is 0 Å². The molecule has 1 saturated heterocycles. The summed E-state index contributed by atoms with van der Waals surface area (Å²) in [4.78, 5) is 11.6. The minimum Gasteiger partial charge on any atom is -0.496 e. The van der Waals surface area contributed by atoms with Crippen LogP contribution in [0.4, 0.5) is 19.0 Å². The number of hydrogen-bond donors (Lipinski definition) is 2. The number of aryl methyl sites for hydroxylation is 1. The fourth-order valence-electron chi connectivity index (χ4n) is 3.73. The van der Waals surface area contributed by atoms with Crippen molar-refractivity contribution in [1.29, 1.82) is 0 Å². The molecule has 182 valence electrons. The zero-order valence-electron chi connectivity index (χ0n) is 18.7. The lowest BCUT2D eigenvalue weighted by Gasteiger charge is -2.30. The van der Waals surface area contributed by atoms with Gasteiger partial charge < -0.3 is 20.1 Å². The predicted molar refractivity (Wildman–Crippen MR) is 121 cm³/mol. The summed E-state index contributed by atoms with van der Waals surface area (Å²) in [6.07, 6.45) is -2.43. The van der Waals surface area contributed by atoms with Crippen molar-refractivity contribution in [2.45, 2.75) is 51.4 Å². The number of anilines is 1. The molecule has 2 atom stereocenters. The molecule has 2 N–H and O–H groups in total. The molecule has 0 amide bonds. The van der Waals surface area contributed by atoms with Crippen molar-refractivity contribution < 1.29 is 27.4 Å². The molecule has 0 spiro atoms. The summed E-state index contributed by atoms with van der Waals surface area (Å²) >= 11 is 0. The minimum absolute atomic E-state index is 0. The highest BCUT2D eigenvalue weighted by Crippen LogP contribution is 2.37. The molecule has 0 saturated carbocycles. The summed E-state index contributed by atoms with van der Waals surface area (Å²) in [6.45, 7) is 4.65. The van der Waals surface area contributed by atoms with Gasteiger partial charge in [-0.3, -0.25) is 4.79 Å². The van der Waals surface area contributed by atoms with E-state index in [4.69, 9.17) is 9.47 Å². The van der Waals surface area contributed by atoms with Crippen molar-refractivity contribution in [2.24, 2.45) is 0 Å². The third kappa shape index (κ3) is 6.94. The number of carbonyl (C=O) groups excluding carboxylic acids is 1. The Hall–Kier alpha value is -2.59. The lowest BCUT2D eigenvalue weighted by Crippen LogP contribution is -2.45. The number of esters is 1. The smallest absolute Gasteiger partial charge is 0.416 e. The summed E-state index contributed by atoms with van der Waals surface area (Å²) in [5.41, 5.74) is 0.869. The van der Waals surface area contributed by atoms with Gasteiger partial charge in [0.2, 0.25) is 0 Å². The minimum atomic E-state index is -4.45. The molecule has 1 fully saturated rings. The molecule has 3 rings (SSSR count). The number of halogens is 4. The highest BCUT2D eigenvalue weighted by molar-refractivity contribution is 5.85. The fraction of sp³-hybridized carbons (Fsp3) is 0.500. The first-order valence-corrected chi connectivity index (χ1v) is 10.5. The average molecular weight is 489 g/mol. The number of benzene rings is 1. The summed E-state index contributed by atoms with van der Waals surface area (Å²) < 4.78 is 49.1. The zero-order chi connectivity index (χ0) is 23.3. The quantitative estimate of drug-likeness (QED) is 0.559. The summed E-state index contributed by atoms with van der Waals surface area (Å²) in [6, 6.07) is 5.34. The molecule has 1 aliphatic heterocycles. The van der Waals surface area contributed by atoms with Crippen LogP contribution in [0, 0.1) is 6.92 Å². The van der Waals surface area contributed by atoms with E-state index >= 15 is 0 Å². The van der Waals surface area contributed by atoms with Crippen LogP contribution >= 0.6 is 12.4 Å². The van der Waals surface area contributed by atoms with Gasteiger partial charge in [-0.05, 0) is 56.5 Å². The van der Waals surface area contributed by atoms with Gasteiger partial charge >= 0.3 is 12.1 Å². The van der Waals surface area contributed by atoms with Crippen LogP contribution in [0.1, 0.15) is 37.3 Å². The van der Waals surface area contributed by atoms with E-state index < -0.39 is 11.7 Å². The van der Waals surface area contributed by atoms with Gasteiger partial charge in [0.05, 0.1) is 31.4 Å². The Labute approximate surface area is 196 Å². The van der Waals surface area contributed by atoms with Crippen molar-refractivity contribution in [2.75, 3.05) is 25.6 Å². The standard InChI is InChI=1S/C22H27F3N4O3.ClH/c1-4-32-20(30)11-15-6-7-16(12-26-15)27-19-9-13(2)21(29-28-19)17-8-5-14(22(23,24)25)10-18(17)31-3;/h5,8-10,15-16,26H,4,6-7,11-12H2,1-3H3,(H,27,28);1H/t15?,16-;/m1./s1. The number of rotatable bonds is 7. The topological polar surface area (TPSA) is 85.4 Å². The van der Waals surface area contributed by atoms with Gasteiger partial charge in [0.1, 0.15) is 11.6 Å². The second-order valence-electron chi connectivity index (χ2n) is 7.71. The first-order chi connectivity index (χ1) is 15.2. The third-order valence-electron chi connectivity index (χ3n) is 5.36. The monoisotopic (exact) mass is 488 g/mol. The molecule has 1 aromatic carbocycles. The molecule has 1 aliphatic rings. The van der Waals surface area contributed by atoms with Gasteiger partial charge in [-0.15, -0.1) is 22.6 Å². The van der Waals surface area contributed by atoms with E-state index in [2.05, 4.69) is 20.8 Å². The maximum Gasteiger partial charge on any atom is 0.416 e. The summed E-state index contributed by atoms with van der Waals surface area (Å²) in [5, 5.41) is 15.1. The number of aromatic nitrogens is 2. The molecule has 2 aromatic rings. The van der Waals surface area contributed by atoms with Gasteiger partial charge in [-0.2, -0.15) is 13.2 Å². The molecular formula is C22H28ClF3N4O3. The molecule has 0 radical (unpaired) electrons. The van der Waals surface area contributed by atoms with Crippen LogP contribution in [-0.2, 0) is 15.7 Å². The van der Waals surface area contributed by atoms with Crippen molar-refractivity contribution in [3.63, 3.8) is 0 Å². The maximum atomic E-state index is 13.0. The van der Waals surface area contributed by atoms with E-state index in [0.717, 1.165) is 30.5 Å². The molecule has 33 heavy (non-hydrogen) atoms.